The number of methoxy groups -OCH3 is 1. The van der Waals surface area contributed by atoms with Crippen LogP contribution in [-0.4, -0.2) is 31.9 Å². The van der Waals surface area contributed by atoms with Crippen molar-refractivity contribution < 1.29 is 17.3 Å². The van der Waals surface area contributed by atoms with Gasteiger partial charge in [0.05, 0.1) is 19.5 Å². The van der Waals surface area contributed by atoms with Gasteiger partial charge in [-0.05, 0) is 54.8 Å². The van der Waals surface area contributed by atoms with E-state index in [0.717, 1.165) is 16.3 Å². The fraction of sp³-hybridized carbons (Fsp3) is 0.125. The molecule has 1 aromatic heterocycles. The molecule has 0 aliphatic carbocycles. The van der Waals surface area contributed by atoms with Gasteiger partial charge in [0.25, 0.3) is 0 Å². The van der Waals surface area contributed by atoms with Gasteiger partial charge in [0, 0.05) is 10.8 Å². The summed E-state index contributed by atoms with van der Waals surface area (Å²) in [5.41, 5.74) is 4.98. The number of ether oxygens (including phenoxy) is 1. The number of rotatable bonds is 7. The number of hydrogen-bond donors (Lipinski definition) is 1. The third-order valence-corrected chi connectivity index (χ3v) is 6.33. The minimum absolute atomic E-state index is 0.0865. The first-order valence-electron chi connectivity index (χ1n) is 10.1. The van der Waals surface area contributed by atoms with E-state index in [-0.39, 0.29) is 16.4 Å². The summed E-state index contributed by atoms with van der Waals surface area (Å²) in [5, 5.41) is 14.1. The maximum absolute atomic E-state index is 12.8. The van der Waals surface area contributed by atoms with Gasteiger partial charge in [-0.3, -0.25) is 5.43 Å². The Morgan fingerprint density at radius 1 is 1.00 bits per heavy atom. The van der Waals surface area contributed by atoms with E-state index in [2.05, 4.69) is 20.7 Å². The lowest BCUT2D eigenvalue weighted by molar-refractivity contribution is 0.390. The molecule has 9 heteroatoms. The van der Waals surface area contributed by atoms with E-state index in [1.54, 1.807) is 43.6 Å². The molecule has 4 aromatic rings. The molecule has 3 aromatic carbocycles. The van der Waals surface area contributed by atoms with Crippen LogP contribution in [0, 0.1) is 13.8 Å². The predicted octanol–water partition coefficient (Wildman–Crippen LogP) is 4.47. The molecule has 0 atom stereocenters. The Morgan fingerprint density at radius 2 is 1.82 bits per heavy atom. The van der Waals surface area contributed by atoms with Crippen LogP contribution in [0.25, 0.3) is 10.8 Å². The normalized spacial score (nSPS) is 11.6. The zero-order valence-electron chi connectivity index (χ0n) is 18.3. The molecule has 0 unspecified atom stereocenters. The van der Waals surface area contributed by atoms with Gasteiger partial charge < -0.3 is 8.92 Å². The van der Waals surface area contributed by atoms with Gasteiger partial charge in [0.1, 0.15) is 4.90 Å². The number of anilines is 1. The second-order valence-electron chi connectivity index (χ2n) is 7.37. The molecule has 8 nitrogen and oxygen atoms in total. The molecule has 0 fully saturated rings. The Bertz CT molecular complexity index is 1450. The van der Waals surface area contributed by atoms with Crippen molar-refractivity contribution in [3.63, 3.8) is 0 Å². The van der Waals surface area contributed by atoms with Crippen LogP contribution in [0.15, 0.2) is 76.9 Å². The summed E-state index contributed by atoms with van der Waals surface area (Å²) in [4.78, 5) is 0.121. The summed E-state index contributed by atoms with van der Waals surface area (Å²) in [6.45, 7) is 3.55. The van der Waals surface area contributed by atoms with E-state index < -0.39 is 10.1 Å². The Balaban J connectivity index is 1.55. The number of nitrogens with zero attached hydrogens (tertiary/aromatic N) is 3. The van der Waals surface area contributed by atoms with E-state index in [1.165, 1.54) is 13.2 Å². The first kappa shape index (κ1) is 22.2. The lowest BCUT2D eigenvalue weighted by Crippen LogP contribution is -2.12. The SMILES string of the molecule is COc1cc(C=NNc2nncc3ccccc23)ccc1OS(=O)(=O)c1cc(C)ccc1C. The van der Waals surface area contributed by atoms with Crippen molar-refractivity contribution in [3.05, 3.63) is 83.6 Å². The number of hydrogen-bond acceptors (Lipinski definition) is 8. The average Bonchev–Trinajstić information content (AvgIpc) is 2.81. The molecule has 0 amide bonds. The summed E-state index contributed by atoms with van der Waals surface area (Å²) in [6, 6.07) is 17.7. The summed E-state index contributed by atoms with van der Waals surface area (Å²) in [6.07, 6.45) is 3.25. The topological polar surface area (TPSA) is 103 Å². The quantitative estimate of drug-likeness (QED) is 0.246. The van der Waals surface area contributed by atoms with Crippen molar-refractivity contribution in [1.82, 2.24) is 10.2 Å². The minimum Gasteiger partial charge on any atom is -0.493 e. The molecule has 0 aliphatic heterocycles. The van der Waals surface area contributed by atoms with Crippen LogP contribution in [0.3, 0.4) is 0 Å². The van der Waals surface area contributed by atoms with Crippen LogP contribution in [-0.2, 0) is 10.1 Å². The third-order valence-electron chi connectivity index (χ3n) is 4.95. The maximum Gasteiger partial charge on any atom is 0.339 e. The Hall–Kier alpha value is -3.98. The molecule has 4 rings (SSSR count). The van der Waals surface area contributed by atoms with Crippen LogP contribution < -0.4 is 14.3 Å². The Labute approximate surface area is 192 Å². The lowest BCUT2D eigenvalue weighted by atomic mass is 10.2. The van der Waals surface area contributed by atoms with Crippen molar-refractivity contribution in [2.75, 3.05) is 12.5 Å². The van der Waals surface area contributed by atoms with Crippen molar-refractivity contribution in [2.45, 2.75) is 18.7 Å². The van der Waals surface area contributed by atoms with Gasteiger partial charge in [0.15, 0.2) is 17.3 Å². The van der Waals surface area contributed by atoms with E-state index in [1.807, 2.05) is 37.3 Å². The molecular weight excluding hydrogens is 440 g/mol. The number of aromatic nitrogens is 2. The van der Waals surface area contributed by atoms with Gasteiger partial charge in [0.2, 0.25) is 0 Å². The molecule has 0 bridgehead atoms. The predicted molar refractivity (Wildman–Crippen MR) is 127 cm³/mol. The van der Waals surface area contributed by atoms with E-state index in [4.69, 9.17) is 8.92 Å². The summed E-state index contributed by atoms with van der Waals surface area (Å²) < 4.78 is 36.4. The van der Waals surface area contributed by atoms with Crippen LogP contribution in [0.2, 0.25) is 0 Å². The van der Waals surface area contributed by atoms with Gasteiger partial charge >= 0.3 is 10.1 Å². The van der Waals surface area contributed by atoms with Gasteiger partial charge in [-0.2, -0.15) is 18.6 Å². The molecule has 0 saturated carbocycles. The van der Waals surface area contributed by atoms with E-state index in [9.17, 15) is 8.42 Å². The number of aryl methyl sites for hydroxylation is 2. The van der Waals surface area contributed by atoms with Crippen molar-refractivity contribution in [2.24, 2.45) is 5.10 Å². The second kappa shape index (κ2) is 9.25. The lowest BCUT2D eigenvalue weighted by Gasteiger charge is -2.13. The van der Waals surface area contributed by atoms with Crippen LogP contribution in [0.1, 0.15) is 16.7 Å². The van der Waals surface area contributed by atoms with E-state index in [0.29, 0.717) is 16.9 Å². The highest BCUT2D eigenvalue weighted by Crippen LogP contribution is 2.31. The molecule has 0 spiro atoms. The van der Waals surface area contributed by atoms with Crippen molar-refractivity contribution >= 4 is 32.9 Å². The first-order valence-corrected chi connectivity index (χ1v) is 11.5. The molecule has 0 aliphatic rings. The molecule has 168 valence electrons. The number of hydrazone groups is 1. The van der Waals surface area contributed by atoms with Crippen molar-refractivity contribution in [1.29, 1.82) is 0 Å². The highest BCUT2D eigenvalue weighted by Gasteiger charge is 2.21. The molecule has 0 saturated heterocycles. The second-order valence-corrected chi connectivity index (χ2v) is 8.88. The average molecular weight is 463 g/mol. The minimum atomic E-state index is -4.03. The summed E-state index contributed by atoms with van der Waals surface area (Å²) >= 11 is 0. The largest absolute Gasteiger partial charge is 0.493 e. The Kier molecular flexibility index (Phi) is 6.23. The van der Waals surface area contributed by atoms with Crippen molar-refractivity contribution in [3.8, 4) is 11.5 Å². The smallest absolute Gasteiger partial charge is 0.339 e. The number of benzene rings is 3. The third kappa shape index (κ3) is 4.93. The molecule has 1 N–H and O–H groups in total. The van der Waals surface area contributed by atoms with Gasteiger partial charge in [-0.1, -0.05) is 36.4 Å². The maximum atomic E-state index is 12.8. The molecule has 0 radical (unpaired) electrons. The summed E-state index contributed by atoms with van der Waals surface area (Å²) in [7, 11) is -2.58. The van der Waals surface area contributed by atoms with Crippen LogP contribution >= 0.6 is 0 Å². The van der Waals surface area contributed by atoms with Crippen LogP contribution in [0.4, 0.5) is 5.82 Å². The highest BCUT2D eigenvalue weighted by molar-refractivity contribution is 7.87. The Morgan fingerprint density at radius 3 is 2.64 bits per heavy atom. The number of fused-ring (bicyclic) bond motifs is 1. The molecule has 33 heavy (non-hydrogen) atoms. The van der Waals surface area contributed by atoms with Gasteiger partial charge in [-0.15, -0.1) is 5.10 Å². The molecular formula is C24H22N4O4S. The fourth-order valence-corrected chi connectivity index (χ4v) is 4.51. The summed E-state index contributed by atoms with van der Waals surface area (Å²) in [5.74, 6) is 0.872. The monoisotopic (exact) mass is 462 g/mol. The fourth-order valence-electron chi connectivity index (χ4n) is 3.25. The van der Waals surface area contributed by atoms with Gasteiger partial charge in [-0.25, -0.2) is 0 Å². The standard InChI is InChI=1S/C24H22N4O4S/c1-16-8-9-17(2)23(12-16)33(29,30)32-21-11-10-18(13-22(21)31-3)14-25-27-24-20-7-5-4-6-19(20)15-26-28-24/h4-15H,1-3H3,(H,27,28). The zero-order chi connectivity index (χ0) is 23.4. The first-order chi connectivity index (χ1) is 15.9. The zero-order valence-corrected chi connectivity index (χ0v) is 19.1. The van der Waals surface area contributed by atoms with E-state index >= 15 is 0 Å². The number of nitrogens with one attached hydrogen (secondary N) is 1. The highest BCUT2D eigenvalue weighted by atomic mass is 32.2. The molecule has 1 heterocycles. The van der Waals surface area contributed by atoms with Crippen LogP contribution in [0.5, 0.6) is 11.5 Å².